The second-order valence-electron chi connectivity index (χ2n) is 8.45. The molecule has 0 bridgehead atoms. The molecule has 0 radical (unpaired) electrons. The van der Waals surface area contributed by atoms with E-state index in [0.29, 0.717) is 27.8 Å². The van der Waals surface area contributed by atoms with Gasteiger partial charge in [-0.2, -0.15) is 18.3 Å². The molecule has 2 N–H and O–H groups in total. The Morgan fingerprint density at radius 3 is 2.39 bits per heavy atom. The Hall–Kier alpha value is -3.43. The van der Waals surface area contributed by atoms with Crippen molar-refractivity contribution < 1.29 is 22.8 Å². The summed E-state index contributed by atoms with van der Waals surface area (Å²) in [4.78, 5) is 30.1. The molecule has 1 aromatic carbocycles. The van der Waals surface area contributed by atoms with Crippen molar-refractivity contribution in [3.63, 3.8) is 0 Å². The average Bonchev–Trinajstić information content (AvgIpc) is 3.16. The molecule has 33 heavy (non-hydrogen) atoms. The minimum Gasteiger partial charge on any atom is -0.343 e. The monoisotopic (exact) mass is 461 g/mol. The standard InChI is InChI=1S/C23H26F3N5O2/c1-12(2)18-9-16(17-10-28-31(13(3)4)20(17)29-18)22(33)30-19-8-15(7-6-14(19)5)21(32)27-11-23(24,25)26/h6-10,12-13H,11H2,1-5H3,(H,27,32)(H,30,33). The lowest BCUT2D eigenvalue weighted by Gasteiger charge is -2.14. The number of fused-ring (bicyclic) bond motifs is 1. The molecule has 2 amide bonds. The van der Waals surface area contributed by atoms with Crippen molar-refractivity contribution in [1.29, 1.82) is 0 Å². The van der Waals surface area contributed by atoms with Gasteiger partial charge in [0.15, 0.2) is 5.65 Å². The molecule has 0 aliphatic heterocycles. The van der Waals surface area contributed by atoms with Crippen molar-refractivity contribution >= 4 is 28.5 Å². The number of amides is 2. The topological polar surface area (TPSA) is 88.9 Å². The number of nitrogens with one attached hydrogen (secondary N) is 2. The number of hydrogen-bond acceptors (Lipinski definition) is 4. The van der Waals surface area contributed by atoms with Crippen LogP contribution in [-0.2, 0) is 0 Å². The van der Waals surface area contributed by atoms with Gasteiger partial charge in [-0.05, 0) is 50.5 Å². The third kappa shape index (κ3) is 5.50. The molecule has 0 saturated carbocycles. The van der Waals surface area contributed by atoms with Crippen molar-refractivity contribution in [3.8, 4) is 0 Å². The van der Waals surface area contributed by atoms with Crippen LogP contribution in [0.3, 0.4) is 0 Å². The van der Waals surface area contributed by atoms with Crippen LogP contribution in [0.1, 0.15) is 71.6 Å². The summed E-state index contributed by atoms with van der Waals surface area (Å²) < 4.78 is 39.0. The molecule has 2 aromatic heterocycles. The lowest BCUT2D eigenvalue weighted by Crippen LogP contribution is -2.33. The maximum Gasteiger partial charge on any atom is 0.405 e. The van der Waals surface area contributed by atoms with Crippen LogP contribution in [0.5, 0.6) is 0 Å². The van der Waals surface area contributed by atoms with Crippen LogP contribution in [0.15, 0.2) is 30.5 Å². The maximum atomic E-state index is 13.2. The molecule has 0 aliphatic rings. The Labute approximate surface area is 189 Å². The van der Waals surface area contributed by atoms with Gasteiger partial charge in [-0.3, -0.25) is 9.59 Å². The maximum absolute atomic E-state index is 13.2. The highest BCUT2D eigenvalue weighted by Crippen LogP contribution is 2.26. The Balaban J connectivity index is 1.95. The van der Waals surface area contributed by atoms with E-state index < -0.39 is 24.5 Å². The first-order valence-electron chi connectivity index (χ1n) is 10.5. The summed E-state index contributed by atoms with van der Waals surface area (Å²) in [5.41, 5.74) is 2.69. The first kappa shape index (κ1) is 24.2. The molecule has 0 atom stereocenters. The number of hydrogen-bond donors (Lipinski definition) is 2. The Bertz CT molecular complexity index is 1200. The van der Waals surface area contributed by atoms with Crippen molar-refractivity contribution in [2.24, 2.45) is 0 Å². The number of aromatic nitrogens is 3. The molecular weight excluding hydrogens is 435 g/mol. The SMILES string of the molecule is Cc1ccc(C(=O)NCC(F)(F)F)cc1NC(=O)c1cc(C(C)C)nc2c1cnn2C(C)C. The minimum absolute atomic E-state index is 0.00974. The molecule has 7 nitrogen and oxygen atoms in total. The van der Waals surface area contributed by atoms with Crippen LogP contribution in [0.2, 0.25) is 0 Å². The lowest BCUT2D eigenvalue weighted by atomic mass is 10.0. The van der Waals surface area contributed by atoms with Crippen LogP contribution >= 0.6 is 0 Å². The highest BCUT2D eigenvalue weighted by molar-refractivity contribution is 6.12. The third-order valence-corrected chi connectivity index (χ3v) is 5.11. The first-order valence-corrected chi connectivity index (χ1v) is 10.5. The van der Waals surface area contributed by atoms with Crippen LogP contribution in [-0.4, -0.2) is 39.3 Å². The van der Waals surface area contributed by atoms with Gasteiger partial charge < -0.3 is 10.6 Å². The van der Waals surface area contributed by atoms with Crippen molar-refractivity contribution in [2.75, 3.05) is 11.9 Å². The fourth-order valence-electron chi connectivity index (χ4n) is 3.27. The van der Waals surface area contributed by atoms with Gasteiger partial charge in [-0.15, -0.1) is 0 Å². The lowest BCUT2D eigenvalue weighted by molar-refractivity contribution is -0.123. The van der Waals surface area contributed by atoms with E-state index in [1.165, 1.54) is 12.1 Å². The average molecular weight is 461 g/mol. The number of anilines is 1. The predicted octanol–water partition coefficient (Wildman–Crippen LogP) is 4.99. The van der Waals surface area contributed by atoms with Gasteiger partial charge in [0.1, 0.15) is 6.54 Å². The highest BCUT2D eigenvalue weighted by Gasteiger charge is 2.28. The van der Waals surface area contributed by atoms with Crippen molar-refractivity contribution in [3.05, 3.63) is 52.8 Å². The van der Waals surface area contributed by atoms with Gasteiger partial charge in [-0.1, -0.05) is 19.9 Å². The van der Waals surface area contributed by atoms with E-state index in [4.69, 9.17) is 0 Å². The fourth-order valence-corrected chi connectivity index (χ4v) is 3.27. The Kier molecular flexibility index (Phi) is 6.76. The molecule has 3 rings (SSSR count). The summed E-state index contributed by atoms with van der Waals surface area (Å²) in [5, 5.41) is 9.57. The number of nitrogens with zero attached hydrogens (tertiary/aromatic N) is 3. The molecule has 0 spiro atoms. The fraction of sp³-hybridized carbons (Fsp3) is 0.391. The van der Waals surface area contributed by atoms with Gasteiger partial charge in [-0.25, -0.2) is 9.67 Å². The second-order valence-corrected chi connectivity index (χ2v) is 8.45. The van der Waals surface area contributed by atoms with E-state index in [9.17, 15) is 22.8 Å². The quantitative estimate of drug-likeness (QED) is 0.541. The Morgan fingerprint density at radius 2 is 1.79 bits per heavy atom. The molecule has 2 heterocycles. The van der Waals surface area contributed by atoms with Gasteiger partial charge in [0.2, 0.25) is 0 Å². The van der Waals surface area contributed by atoms with Crippen molar-refractivity contribution in [2.45, 2.75) is 52.8 Å². The zero-order valence-electron chi connectivity index (χ0n) is 19.0. The van der Waals surface area contributed by atoms with Gasteiger partial charge >= 0.3 is 6.18 Å². The third-order valence-electron chi connectivity index (χ3n) is 5.11. The van der Waals surface area contributed by atoms with Crippen molar-refractivity contribution in [1.82, 2.24) is 20.1 Å². The summed E-state index contributed by atoms with van der Waals surface area (Å²) in [6.45, 7) is 8.17. The number of benzene rings is 1. The summed E-state index contributed by atoms with van der Waals surface area (Å²) in [7, 11) is 0. The molecule has 0 unspecified atom stereocenters. The van der Waals surface area contributed by atoms with E-state index in [-0.39, 0.29) is 17.5 Å². The van der Waals surface area contributed by atoms with E-state index in [0.717, 1.165) is 5.69 Å². The summed E-state index contributed by atoms with van der Waals surface area (Å²) in [6.07, 6.45) is -2.92. The number of rotatable bonds is 6. The van der Waals surface area contributed by atoms with Crippen LogP contribution < -0.4 is 10.6 Å². The molecule has 0 aliphatic carbocycles. The molecular formula is C23H26F3N5O2. The van der Waals surface area contributed by atoms with Gasteiger partial charge in [0.25, 0.3) is 11.8 Å². The largest absolute Gasteiger partial charge is 0.405 e. The van der Waals surface area contributed by atoms with Crippen LogP contribution in [0, 0.1) is 6.92 Å². The number of carbonyl (C=O) groups is 2. The van der Waals surface area contributed by atoms with Crippen LogP contribution in [0.25, 0.3) is 11.0 Å². The normalized spacial score (nSPS) is 11.9. The predicted molar refractivity (Wildman–Crippen MR) is 120 cm³/mol. The highest BCUT2D eigenvalue weighted by atomic mass is 19.4. The number of alkyl halides is 3. The summed E-state index contributed by atoms with van der Waals surface area (Å²) in [5.74, 6) is -1.24. The first-order chi connectivity index (χ1) is 15.4. The number of aryl methyl sites for hydroxylation is 1. The smallest absolute Gasteiger partial charge is 0.343 e. The zero-order chi connectivity index (χ0) is 24.5. The van der Waals surface area contributed by atoms with E-state index in [1.54, 1.807) is 29.9 Å². The minimum atomic E-state index is -4.52. The Morgan fingerprint density at radius 1 is 1.09 bits per heavy atom. The molecule has 3 aromatic rings. The van der Waals surface area contributed by atoms with E-state index in [2.05, 4.69) is 15.4 Å². The van der Waals surface area contributed by atoms with Gasteiger partial charge in [0, 0.05) is 23.0 Å². The van der Waals surface area contributed by atoms with E-state index >= 15 is 0 Å². The number of carbonyl (C=O) groups excluding carboxylic acids is 2. The molecule has 0 fully saturated rings. The number of pyridine rings is 1. The van der Waals surface area contributed by atoms with Gasteiger partial charge in [0.05, 0.1) is 17.1 Å². The zero-order valence-corrected chi connectivity index (χ0v) is 19.0. The molecule has 176 valence electrons. The van der Waals surface area contributed by atoms with Crippen LogP contribution in [0.4, 0.5) is 18.9 Å². The van der Waals surface area contributed by atoms with E-state index in [1.807, 2.05) is 33.0 Å². The number of halogens is 3. The molecule has 0 saturated heterocycles. The molecule has 10 heteroatoms. The summed E-state index contributed by atoms with van der Waals surface area (Å²) in [6, 6.07) is 6.09. The second kappa shape index (κ2) is 9.21. The summed E-state index contributed by atoms with van der Waals surface area (Å²) >= 11 is 0.